The maximum absolute atomic E-state index is 13.0. The number of benzene rings is 1. The lowest BCUT2D eigenvalue weighted by molar-refractivity contribution is 0.627. The fourth-order valence-corrected chi connectivity index (χ4v) is 3.55. The van der Waals surface area contributed by atoms with Gasteiger partial charge in [0.1, 0.15) is 5.82 Å². The highest BCUT2D eigenvalue weighted by molar-refractivity contribution is 7.12. The van der Waals surface area contributed by atoms with Crippen molar-refractivity contribution in [2.45, 2.75) is 19.2 Å². The molecule has 0 aliphatic carbocycles. The topological polar surface area (TPSA) is 0 Å². The Labute approximate surface area is 114 Å². The molecule has 4 heteroatoms. The number of hydrogen-bond donors (Lipinski definition) is 0. The predicted octanol–water partition coefficient (Wildman–Crippen LogP) is 5.49. The van der Waals surface area contributed by atoms with E-state index in [1.54, 1.807) is 17.4 Å². The van der Waals surface area contributed by atoms with Gasteiger partial charge in [0.2, 0.25) is 0 Å². The van der Waals surface area contributed by atoms with Crippen molar-refractivity contribution in [2.75, 3.05) is 0 Å². The monoisotopic (exact) mass is 288 g/mol. The summed E-state index contributed by atoms with van der Waals surface area (Å²) in [7, 11) is 0. The highest BCUT2D eigenvalue weighted by Gasteiger charge is 2.18. The number of halogens is 3. The van der Waals surface area contributed by atoms with Crippen LogP contribution in [0.1, 0.15) is 26.3 Å². The summed E-state index contributed by atoms with van der Waals surface area (Å²) in [5.74, 6) is -0.346. The first-order chi connectivity index (χ1) is 7.99. The lowest BCUT2D eigenvalue weighted by atomic mass is 10.0. The number of aryl methyl sites for hydroxylation is 2. The maximum atomic E-state index is 13.0. The average molecular weight is 289 g/mol. The normalized spacial score (nSPS) is 12.8. The third-order valence-electron chi connectivity index (χ3n) is 2.59. The van der Waals surface area contributed by atoms with Crippen LogP contribution in [0.4, 0.5) is 4.39 Å². The maximum Gasteiger partial charge on any atom is 0.124 e. The van der Waals surface area contributed by atoms with Crippen LogP contribution in [-0.4, -0.2) is 0 Å². The molecule has 0 amide bonds. The summed E-state index contributed by atoms with van der Waals surface area (Å²) >= 11 is 14.1. The van der Waals surface area contributed by atoms with E-state index in [2.05, 4.69) is 6.07 Å². The van der Waals surface area contributed by atoms with Gasteiger partial charge in [0, 0.05) is 14.8 Å². The lowest BCUT2D eigenvalue weighted by Gasteiger charge is -2.11. The molecule has 1 atom stereocenters. The van der Waals surface area contributed by atoms with Crippen molar-refractivity contribution in [3.05, 3.63) is 56.0 Å². The first-order valence-corrected chi connectivity index (χ1v) is 6.78. The van der Waals surface area contributed by atoms with E-state index in [1.165, 1.54) is 21.9 Å². The fourth-order valence-electron chi connectivity index (χ4n) is 1.78. The van der Waals surface area contributed by atoms with Crippen molar-refractivity contribution in [2.24, 2.45) is 0 Å². The summed E-state index contributed by atoms with van der Waals surface area (Å²) in [6, 6.07) is 6.37. The standard InChI is InChI=1S/C13H11Cl2FS/c1-7-5-11(8(2)17-7)13(15)10-4-3-9(16)6-12(10)14/h3-6,13H,1-2H3. The van der Waals surface area contributed by atoms with Crippen molar-refractivity contribution in [3.63, 3.8) is 0 Å². The first-order valence-electron chi connectivity index (χ1n) is 5.15. The Morgan fingerprint density at radius 2 is 1.88 bits per heavy atom. The van der Waals surface area contributed by atoms with Gasteiger partial charge in [-0.05, 0) is 43.2 Å². The molecule has 0 spiro atoms. The zero-order valence-corrected chi connectivity index (χ0v) is 11.8. The number of alkyl halides is 1. The molecule has 0 saturated carbocycles. The summed E-state index contributed by atoms with van der Waals surface area (Å²) < 4.78 is 13.0. The van der Waals surface area contributed by atoms with Crippen molar-refractivity contribution >= 4 is 34.5 Å². The van der Waals surface area contributed by atoms with Crippen molar-refractivity contribution < 1.29 is 4.39 Å². The molecule has 1 aromatic carbocycles. The van der Waals surface area contributed by atoms with Crippen LogP contribution in [0.2, 0.25) is 5.02 Å². The Hall–Kier alpha value is -0.570. The molecule has 1 heterocycles. The minimum Gasteiger partial charge on any atom is -0.207 e. The van der Waals surface area contributed by atoms with E-state index in [0.29, 0.717) is 5.02 Å². The van der Waals surface area contributed by atoms with Gasteiger partial charge in [-0.2, -0.15) is 0 Å². The molecule has 1 aromatic heterocycles. The molecule has 0 aliphatic heterocycles. The Morgan fingerprint density at radius 3 is 2.41 bits per heavy atom. The van der Waals surface area contributed by atoms with Gasteiger partial charge < -0.3 is 0 Å². The van der Waals surface area contributed by atoms with E-state index in [0.717, 1.165) is 11.1 Å². The number of rotatable bonds is 2. The van der Waals surface area contributed by atoms with Crippen LogP contribution >= 0.6 is 34.5 Å². The van der Waals surface area contributed by atoms with Gasteiger partial charge in [-0.3, -0.25) is 0 Å². The molecular weight excluding hydrogens is 278 g/mol. The van der Waals surface area contributed by atoms with Gasteiger partial charge in [-0.1, -0.05) is 17.7 Å². The van der Waals surface area contributed by atoms with Gasteiger partial charge >= 0.3 is 0 Å². The highest BCUT2D eigenvalue weighted by Crippen LogP contribution is 2.38. The molecule has 17 heavy (non-hydrogen) atoms. The molecule has 0 bridgehead atoms. The molecule has 2 rings (SSSR count). The zero-order valence-electron chi connectivity index (χ0n) is 9.43. The smallest absolute Gasteiger partial charge is 0.124 e. The second-order valence-electron chi connectivity index (χ2n) is 3.90. The Bertz CT molecular complexity index is 548. The summed E-state index contributed by atoms with van der Waals surface area (Å²) in [4.78, 5) is 2.38. The minimum absolute atomic E-state index is 0.326. The second kappa shape index (κ2) is 4.97. The van der Waals surface area contributed by atoms with Crippen molar-refractivity contribution in [1.29, 1.82) is 0 Å². The Morgan fingerprint density at radius 1 is 1.18 bits per heavy atom. The highest BCUT2D eigenvalue weighted by atomic mass is 35.5. The molecule has 1 unspecified atom stereocenters. The number of thiophene rings is 1. The molecule has 0 radical (unpaired) electrons. The third-order valence-corrected chi connectivity index (χ3v) is 4.37. The van der Waals surface area contributed by atoms with Gasteiger partial charge in [0.25, 0.3) is 0 Å². The molecule has 0 aliphatic rings. The largest absolute Gasteiger partial charge is 0.207 e. The van der Waals surface area contributed by atoms with Crippen LogP contribution in [0.15, 0.2) is 24.3 Å². The molecule has 0 fully saturated rings. The van der Waals surface area contributed by atoms with E-state index in [9.17, 15) is 4.39 Å². The van der Waals surface area contributed by atoms with Gasteiger partial charge in [0.15, 0.2) is 0 Å². The second-order valence-corrected chi connectivity index (χ2v) is 6.20. The summed E-state index contributed by atoms with van der Waals surface area (Å²) in [5.41, 5.74) is 1.79. The minimum atomic E-state index is -0.346. The van der Waals surface area contributed by atoms with E-state index >= 15 is 0 Å². The lowest BCUT2D eigenvalue weighted by Crippen LogP contribution is -1.95. The van der Waals surface area contributed by atoms with Crippen LogP contribution in [0.3, 0.4) is 0 Å². The molecule has 2 aromatic rings. The van der Waals surface area contributed by atoms with Crippen LogP contribution in [0.25, 0.3) is 0 Å². The molecular formula is C13H11Cl2FS. The van der Waals surface area contributed by atoms with E-state index in [-0.39, 0.29) is 11.2 Å². The molecule has 0 saturated heterocycles. The summed E-state index contributed by atoms with van der Waals surface area (Å²) in [6.45, 7) is 4.07. The summed E-state index contributed by atoms with van der Waals surface area (Å²) in [5, 5.41) is 0.0429. The average Bonchev–Trinajstić information content (AvgIpc) is 2.57. The molecule has 0 N–H and O–H groups in total. The summed E-state index contributed by atoms with van der Waals surface area (Å²) in [6.07, 6.45) is 0. The fraction of sp³-hybridized carbons (Fsp3) is 0.231. The van der Waals surface area contributed by atoms with E-state index in [1.807, 2.05) is 13.8 Å². The third kappa shape index (κ3) is 2.65. The van der Waals surface area contributed by atoms with Gasteiger partial charge in [-0.15, -0.1) is 22.9 Å². The van der Waals surface area contributed by atoms with Gasteiger partial charge in [0.05, 0.1) is 5.38 Å². The quantitative estimate of drug-likeness (QED) is 0.642. The Balaban J connectivity index is 2.43. The van der Waals surface area contributed by atoms with E-state index < -0.39 is 0 Å². The SMILES string of the molecule is Cc1cc(C(Cl)c2ccc(F)cc2Cl)c(C)s1. The van der Waals surface area contributed by atoms with Crippen LogP contribution in [-0.2, 0) is 0 Å². The van der Waals surface area contributed by atoms with Gasteiger partial charge in [-0.25, -0.2) is 4.39 Å². The van der Waals surface area contributed by atoms with E-state index in [4.69, 9.17) is 23.2 Å². The van der Waals surface area contributed by atoms with Crippen molar-refractivity contribution in [1.82, 2.24) is 0 Å². The Kier molecular flexibility index (Phi) is 3.76. The zero-order chi connectivity index (χ0) is 12.6. The van der Waals surface area contributed by atoms with Crippen molar-refractivity contribution in [3.8, 4) is 0 Å². The van der Waals surface area contributed by atoms with Crippen LogP contribution in [0.5, 0.6) is 0 Å². The predicted molar refractivity (Wildman–Crippen MR) is 72.9 cm³/mol. The number of hydrogen-bond acceptors (Lipinski definition) is 1. The molecule has 0 nitrogen and oxygen atoms in total. The molecule has 90 valence electrons. The first kappa shape index (κ1) is 12.9. The van der Waals surface area contributed by atoms with Crippen LogP contribution in [0, 0.1) is 19.7 Å². The van der Waals surface area contributed by atoms with Crippen LogP contribution < -0.4 is 0 Å².